The zero-order valence-electron chi connectivity index (χ0n) is 11.7. The first-order chi connectivity index (χ1) is 10.2. The molecule has 1 aromatic carbocycles. The lowest BCUT2D eigenvalue weighted by atomic mass is 10.1. The van der Waals surface area contributed by atoms with Gasteiger partial charge in [-0.05, 0) is 30.5 Å². The first kappa shape index (κ1) is 14.6. The van der Waals surface area contributed by atoms with E-state index in [1.165, 1.54) is 0 Å². The van der Waals surface area contributed by atoms with Crippen LogP contribution in [0, 0.1) is 0 Å². The van der Waals surface area contributed by atoms with Crippen LogP contribution in [0.1, 0.15) is 18.4 Å². The fourth-order valence-electron chi connectivity index (χ4n) is 2.50. The van der Waals surface area contributed by atoms with Gasteiger partial charge in [0.15, 0.2) is 0 Å². The van der Waals surface area contributed by atoms with Crippen LogP contribution in [0.4, 0.5) is 5.69 Å². The summed E-state index contributed by atoms with van der Waals surface area (Å²) in [6, 6.07) is 5.50. The Morgan fingerprint density at radius 3 is 2.95 bits per heavy atom. The molecule has 1 heterocycles. The Morgan fingerprint density at radius 1 is 1.48 bits per heavy atom. The van der Waals surface area contributed by atoms with E-state index in [0.717, 1.165) is 18.5 Å². The summed E-state index contributed by atoms with van der Waals surface area (Å²) in [5.41, 5.74) is 1.57. The first-order valence-corrected chi connectivity index (χ1v) is 7.61. The molecule has 6 heteroatoms. The Hall–Kier alpha value is -1.30. The van der Waals surface area contributed by atoms with Gasteiger partial charge in [-0.1, -0.05) is 17.7 Å². The van der Waals surface area contributed by atoms with Crippen LogP contribution in [-0.4, -0.2) is 42.9 Å². The molecule has 1 aliphatic carbocycles. The van der Waals surface area contributed by atoms with E-state index in [2.05, 4.69) is 5.32 Å². The molecule has 1 saturated heterocycles. The SMILES string of the molecule is O=C(NC1CC1)C1COCCN1c1ccc(CO)c(Cl)c1. The van der Waals surface area contributed by atoms with Gasteiger partial charge in [0.2, 0.25) is 5.91 Å². The number of nitrogens with one attached hydrogen (secondary N) is 1. The molecule has 0 radical (unpaired) electrons. The fourth-order valence-corrected chi connectivity index (χ4v) is 2.73. The van der Waals surface area contributed by atoms with Crippen LogP contribution in [0.15, 0.2) is 18.2 Å². The fraction of sp³-hybridized carbons (Fsp3) is 0.533. The third kappa shape index (κ3) is 3.31. The third-order valence-corrected chi connectivity index (χ3v) is 4.25. The molecule has 0 aromatic heterocycles. The zero-order chi connectivity index (χ0) is 14.8. The predicted molar refractivity (Wildman–Crippen MR) is 80.5 cm³/mol. The third-order valence-electron chi connectivity index (χ3n) is 3.89. The van der Waals surface area contributed by atoms with Crippen molar-refractivity contribution in [2.75, 3.05) is 24.7 Å². The second kappa shape index (κ2) is 6.22. The molecule has 2 N–H and O–H groups in total. The minimum atomic E-state index is -0.324. The predicted octanol–water partition coefficient (Wildman–Crippen LogP) is 1.32. The number of carbonyl (C=O) groups is 1. The Morgan fingerprint density at radius 2 is 2.29 bits per heavy atom. The van der Waals surface area contributed by atoms with E-state index < -0.39 is 0 Å². The number of aliphatic hydroxyl groups is 1. The first-order valence-electron chi connectivity index (χ1n) is 7.23. The molecule has 1 unspecified atom stereocenters. The summed E-state index contributed by atoms with van der Waals surface area (Å²) < 4.78 is 5.46. The molecule has 5 nitrogen and oxygen atoms in total. The average Bonchev–Trinajstić information content (AvgIpc) is 3.31. The number of morpholine rings is 1. The molecule has 2 aliphatic rings. The summed E-state index contributed by atoms with van der Waals surface area (Å²) in [5.74, 6) is 0.0135. The van der Waals surface area contributed by atoms with Crippen LogP contribution in [0.25, 0.3) is 0 Å². The number of nitrogens with zero attached hydrogens (tertiary/aromatic N) is 1. The van der Waals surface area contributed by atoms with E-state index in [9.17, 15) is 9.90 Å². The summed E-state index contributed by atoms with van der Waals surface area (Å²) in [4.78, 5) is 14.4. The molecule has 1 aromatic rings. The number of rotatable bonds is 4. The van der Waals surface area contributed by atoms with Gasteiger partial charge in [0.1, 0.15) is 6.04 Å². The maximum absolute atomic E-state index is 12.3. The molecule has 21 heavy (non-hydrogen) atoms. The normalized spacial score (nSPS) is 22.2. The van der Waals surface area contributed by atoms with Gasteiger partial charge < -0.3 is 20.1 Å². The number of anilines is 1. The Balaban J connectivity index is 1.79. The molecule has 1 amide bonds. The maximum atomic E-state index is 12.3. The topological polar surface area (TPSA) is 61.8 Å². The van der Waals surface area contributed by atoms with Gasteiger partial charge in [0.05, 0.1) is 19.8 Å². The Kier molecular flexibility index (Phi) is 4.33. The molecule has 2 fully saturated rings. The number of aliphatic hydroxyl groups excluding tert-OH is 1. The highest BCUT2D eigenvalue weighted by molar-refractivity contribution is 6.31. The van der Waals surface area contributed by atoms with Gasteiger partial charge in [-0.3, -0.25) is 4.79 Å². The molecule has 1 aliphatic heterocycles. The van der Waals surface area contributed by atoms with Gasteiger partial charge in [-0.2, -0.15) is 0 Å². The summed E-state index contributed by atoms with van der Waals surface area (Å²) >= 11 is 6.15. The maximum Gasteiger partial charge on any atom is 0.245 e. The van der Waals surface area contributed by atoms with Crippen LogP contribution in [0.5, 0.6) is 0 Å². The number of hydrogen-bond donors (Lipinski definition) is 2. The van der Waals surface area contributed by atoms with Crippen LogP contribution < -0.4 is 10.2 Å². The van der Waals surface area contributed by atoms with Crippen molar-refractivity contribution in [1.29, 1.82) is 0 Å². The van der Waals surface area contributed by atoms with Crippen molar-refractivity contribution in [2.24, 2.45) is 0 Å². The van der Waals surface area contributed by atoms with Crippen molar-refractivity contribution in [3.05, 3.63) is 28.8 Å². The van der Waals surface area contributed by atoms with Crippen molar-refractivity contribution in [3.8, 4) is 0 Å². The average molecular weight is 311 g/mol. The minimum absolute atomic E-state index is 0.0135. The van der Waals surface area contributed by atoms with Crippen LogP contribution in [0.3, 0.4) is 0 Å². The second-order valence-corrected chi connectivity index (χ2v) is 5.91. The highest BCUT2D eigenvalue weighted by Gasteiger charge is 2.33. The van der Waals surface area contributed by atoms with Crippen molar-refractivity contribution < 1.29 is 14.6 Å². The number of benzene rings is 1. The Bertz CT molecular complexity index is 534. The van der Waals surface area contributed by atoms with E-state index in [0.29, 0.717) is 36.4 Å². The summed E-state index contributed by atoms with van der Waals surface area (Å²) in [6.07, 6.45) is 2.13. The quantitative estimate of drug-likeness (QED) is 0.880. The highest BCUT2D eigenvalue weighted by atomic mass is 35.5. The summed E-state index contributed by atoms with van der Waals surface area (Å²) in [5, 5.41) is 12.7. The van der Waals surface area contributed by atoms with Crippen molar-refractivity contribution in [2.45, 2.75) is 31.5 Å². The van der Waals surface area contributed by atoms with E-state index in [1.54, 1.807) is 12.1 Å². The zero-order valence-corrected chi connectivity index (χ0v) is 12.5. The largest absolute Gasteiger partial charge is 0.392 e. The molecule has 1 saturated carbocycles. The molecule has 3 rings (SSSR count). The van der Waals surface area contributed by atoms with Gasteiger partial charge >= 0.3 is 0 Å². The number of carbonyl (C=O) groups excluding carboxylic acids is 1. The van der Waals surface area contributed by atoms with Crippen LogP contribution >= 0.6 is 11.6 Å². The molecule has 114 valence electrons. The van der Waals surface area contributed by atoms with E-state index in [4.69, 9.17) is 16.3 Å². The lowest BCUT2D eigenvalue weighted by Crippen LogP contribution is -2.54. The lowest BCUT2D eigenvalue weighted by molar-refractivity contribution is -0.124. The van der Waals surface area contributed by atoms with Gasteiger partial charge in [0, 0.05) is 23.3 Å². The molecular weight excluding hydrogens is 292 g/mol. The van der Waals surface area contributed by atoms with E-state index >= 15 is 0 Å². The minimum Gasteiger partial charge on any atom is -0.392 e. The van der Waals surface area contributed by atoms with Crippen molar-refractivity contribution >= 4 is 23.2 Å². The second-order valence-electron chi connectivity index (χ2n) is 5.50. The highest BCUT2D eigenvalue weighted by Crippen LogP contribution is 2.27. The summed E-state index contributed by atoms with van der Waals surface area (Å²) in [7, 11) is 0. The van der Waals surface area contributed by atoms with Crippen LogP contribution in [0.2, 0.25) is 5.02 Å². The molecule has 0 bridgehead atoms. The van der Waals surface area contributed by atoms with Crippen molar-refractivity contribution in [1.82, 2.24) is 5.32 Å². The van der Waals surface area contributed by atoms with Crippen molar-refractivity contribution in [3.63, 3.8) is 0 Å². The van der Waals surface area contributed by atoms with Crippen LogP contribution in [-0.2, 0) is 16.1 Å². The monoisotopic (exact) mass is 310 g/mol. The van der Waals surface area contributed by atoms with Gasteiger partial charge in [-0.15, -0.1) is 0 Å². The standard InChI is InChI=1S/C15H19ClN2O3/c16-13-7-12(4-1-10(13)8-19)18-5-6-21-9-14(18)15(20)17-11-2-3-11/h1,4,7,11,14,19H,2-3,5-6,8-9H2,(H,17,20). The Labute approximate surface area is 128 Å². The van der Waals surface area contributed by atoms with E-state index in [1.807, 2.05) is 11.0 Å². The van der Waals surface area contributed by atoms with Gasteiger partial charge in [0.25, 0.3) is 0 Å². The number of hydrogen-bond acceptors (Lipinski definition) is 4. The molecule has 1 atom stereocenters. The van der Waals surface area contributed by atoms with E-state index in [-0.39, 0.29) is 18.6 Å². The lowest BCUT2D eigenvalue weighted by Gasteiger charge is -2.36. The smallest absolute Gasteiger partial charge is 0.245 e. The molecular formula is C15H19ClN2O3. The number of amides is 1. The number of ether oxygens (including phenoxy) is 1. The number of halogens is 1. The molecule has 0 spiro atoms. The van der Waals surface area contributed by atoms with Gasteiger partial charge in [-0.25, -0.2) is 0 Å². The summed E-state index contributed by atoms with van der Waals surface area (Å²) in [6.45, 7) is 1.54.